The zero-order valence-corrected chi connectivity index (χ0v) is 20.5. The smallest absolute Gasteiger partial charge is 0.277 e. The van der Waals surface area contributed by atoms with Crippen molar-refractivity contribution in [2.75, 3.05) is 37.0 Å². The monoisotopic (exact) mass is 463 g/mol. The number of hydrogen-bond donors (Lipinski definition) is 1. The van der Waals surface area contributed by atoms with Crippen LogP contribution in [0.3, 0.4) is 0 Å². The van der Waals surface area contributed by atoms with Crippen LogP contribution in [-0.2, 0) is 18.2 Å². The van der Waals surface area contributed by atoms with E-state index >= 15 is 0 Å². The van der Waals surface area contributed by atoms with E-state index in [1.807, 2.05) is 57.2 Å². The highest BCUT2D eigenvalue weighted by Crippen LogP contribution is 2.27. The van der Waals surface area contributed by atoms with Gasteiger partial charge in [0, 0.05) is 38.5 Å². The van der Waals surface area contributed by atoms with Gasteiger partial charge in [0.25, 0.3) is 5.56 Å². The fourth-order valence-electron chi connectivity index (χ4n) is 4.51. The van der Waals surface area contributed by atoms with Gasteiger partial charge in [0.05, 0.1) is 24.9 Å². The molecule has 3 heterocycles. The molecule has 8 heteroatoms. The minimum absolute atomic E-state index is 0.0599. The second-order valence-corrected chi connectivity index (χ2v) is 8.49. The molecule has 0 bridgehead atoms. The third kappa shape index (κ3) is 4.63. The molecule has 0 amide bonds. The average Bonchev–Trinajstić information content (AvgIpc) is 3.25. The first-order valence-electron chi connectivity index (χ1n) is 11.8. The summed E-state index contributed by atoms with van der Waals surface area (Å²) in [5.41, 5.74) is 3.11. The van der Waals surface area contributed by atoms with Gasteiger partial charge in [-0.3, -0.25) is 9.36 Å². The summed E-state index contributed by atoms with van der Waals surface area (Å²) in [5.74, 6) is 2.33. The first-order chi connectivity index (χ1) is 16.5. The van der Waals surface area contributed by atoms with E-state index in [2.05, 4.69) is 15.2 Å². The van der Waals surface area contributed by atoms with Crippen molar-refractivity contribution in [3.8, 4) is 17.1 Å². The van der Waals surface area contributed by atoms with Gasteiger partial charge < -0.3 is 19.7 Å². The van der Waals surface area contributed by atoms with Crippen LogP contribution in [0.25, 0.3) is 11.4 Å². The summed E-state index contributed by atoms with van der Waals surface area (Å²) in [5, 5.41) is 3.51. The Labute approximate surface area is 200 Å². The van der Waals surface area contributed by atoms with Crippen molar-refractivity contribution in [2.24, 2.45) is 7.05 Å². The van der Waals surface area contributed by atoms with Gasteiger partial charge in [-0.15, -0.1) is 0 Å². The zero-order chi connectivity index (χ0) is 24.2. The molecule has 4 rings (SSSR count). The highest BCUT2D eigenvalue weighted by Gasteiger charge is 2.35. The molecule has 0 radical (unpaired) electrons. The molecule has 2 atom stereocenters. The van der Waals surface area contributed by atoms with E-state index in [0.29, 0.717) is 37.6 Å². The van der Waals surface area contributed by atoms with Crippen molar-refractivity contribution in [2.45, 2.75) is 39.3 Å². The maximum absolute atomic E-state index is 13.5. The minimum atomic E-state index is -0.0939. The quantitative estimate of drug-likeness (QED) is 0.548. The lowest BCUT2D eigenvalue weighted by atomic mass is 10.1. The number of rotatable bonds is 8. The average molecular weight is 464 g/mol. The molecule has 0 aliphatic carbocycles. The molecule has 0 saturated carbocycles. The Hall–Kier alpha value is -3.39. The second-order valence-electron chi connectivity index (χ2n) is 8.49. The standard InChI is InChI=1S/C26H33N5O3/c1-6-20-24(26(32)30(4)25(29-20)19-12-11-18(33-5)14-17(19)3)28-21-15-31(16-22(21)34-7-2)23-10-8-9-13-27-23/h8-14,21-22,28H,6-7,15-16H2,1-5H3/t21?,22-/m0/s1. The molecular formula is C26H33N5O3. The van der Waals surface area contributed by atoms with Crippen molar-refractivity contribution >= 4 is 11.5 Å². The number of nitrogens with one attached hydrogen (secondary N) is 1. The Balaban J connectivity index is 1.68. The van der Waals surface area contributed by atoms with Crippen LogP contribution in [0.1, 0.15) is 25.1 Å². The number of pyridine rings is 1. The molecule has 1 fully saturated rings. The number of aromatic nitrogens is 3. The number of ether oxygens (including phenoxy) is 2. The minimum Gasteiger partial charge on any atom is -0.497 e. The molecule has 1 unspecified atom stereocenters. The fraction of sp³-hybridized carbons (Fsp3) is 0.423. The highest BCUT2D eigenvalue weighted by molar-refractivity contribution is 5.64. The van der Waals surface area contributed by atoms with Gasteiger partial charge in [-0.1, -0.05) is 13.0 Å². The molecule has 8 nitrogen and oxygen atoms in total. The number of aryl methyl sites for hydroxylation is 2. The molecule has 1 aliphatic heterocycles. The first kappa shape index (κ1) is 23.8. The van der Waals surface area contributed by atoms with Crippen LogP contribution in [0.2, 0.25) is 0 Å². The number of benzene rings is 1. The van der Waals surface area contributed by atoms with E-state index in [-0.39, 0.29) is 17.7 Å². The van der Waals surface area contributed by atoms with E-state index in [1.54, 1.807) is 24.9 Å². The van der Waals surface area contributed by atoms with Crippen LogP contribution in [0.4, 0.5) is 11.5 Å². The number of methoxy groups -OCH3 is 1. The topological polar surface area (TPSA) is 81.5 Å². The molecule has 1 N–H and O–H groups in total. The molecular weight excluding hydrogens is 430 g/mol. The van der Waals surface area contributed by atoms with Gasteiger partial charge in [-0.2, -0.15) is 0 Å². The van der Waals surface area contributed by atoms with Gasteiger partial charge in [0.2, 0.25) is 0 Å². The van der Waals surface area contributed by atoms with E-state index in [1.165, 1.54) is 0 Å². The molecule has 0 spiro atoms. The van der Waals surface area contributed by atoms with Gasteiger partial charge >= 0.3 is 0 Å². The third-order valence-electron chi connectivity index (χ3n) is 6.32. The van der Waals surface area contributed by atoms with Crippen molar-refractivity contribution in [1.82, 2.24) is 14.5 Å². The maximum Gasteiger partial charge on any atom is 0.277 e. The highest BCUT2D eigenvalue weighted by atomic mass is 16.5. The molecule has 1 aliphatic rings. The van der Waals surface area contributed by atoms with E-state index in [0.717, 1.165) is 28.4 Å². The predicted octanol–water partition coefficient (Wildman–Crippen LogP) is 3.43. The maximum atomic E-state index is 13.5. The van der Waals surface area contributed by atoms with Crippen LogP contribution < -0.4 is 20.5 Å². The summed E-state index contributed by atoms with van der Waals surface area (Å²) in [4.78, 5) is 25.1. The molecule has 2 aromatic heterocycles. The lowest BCUT2D eigenvalue weighted by Crippen LogP contribution is -2.38. The van der Waals surface area contributed by atoms with E-state index in [9.17, 15) is 4.79 Å². The Morgan fingerprint density at radius 3 is 2.65 bits per heavy atom. The Bertz CT molecular complexity index is 1200. The van der Waals surface area contributed by atoms with Crippen LogP contribution >= 0.6 is 0 Å². The third-order valence-corrected chi connectivity index (χ3v) is 6.32. The van der Waals surface area contributed by atoms with Crippen molar-refractivity contribution in [1.29, 1.82) is 0 Å². The zero-order valence-electron chi connectivity index (χ0n) is 20.5. The summed E-state index contributed by atoms with van der Waals surface area (Å²) < 4.78 is 13.0. The Kier molecular flexibility index (Phi) is 7.17. The van der Waals surface area contributed by atoms with Crippen molar-refractivity contribution in [3.63, 3.8) is 0 Å². The van der Waals surface area contributed by atoms with Crippen molar-refractivity contribution < 1.29 is 9.47 Å². The van der Waals surface area contributed by atoms with Crippen LogP contribution in [0, 0.1) is 6.92 Å². The Morgan fingerprint density at radius 2 is 2.00 bits per heavy atom. The fourth-order valence-corrected chi connectivity index (χ4v) is 4.51. The van der Waals surface area contributed by atoms with Crippen molar-refractivity contribution in [3.05, 3.63) is 64.2 Å². The lowest BCUT2D eigenvalue weighted by Gasteiger charge is -2.23. The largest absolute Gasteiger partial charge is 0.497 e. The number of hydrogen-bond acceptors (Lipinski definition) is 7. The lowest BCUT2D eigenvalue weighted by molar-refractivity contribution is 0.0719. The van der Waals surface area contributed by atoms with E-state index in [4.69, 9.17) is 14.5 Å². The predicted molar refractivity (Wildman–Crippen MR) is 135 cm³/mol. The van der Waals surface area contributed by atoms with Gasteiger partial charge in [0.15, 0.2) is 0 Å². The van der Waals surface area contributed by atoms with Gasteiger partial charge in [-0.25, -0.2) is 9.97 Å². The summed E-state index contributed by atoms with van der Waals surface area (Å²) >= 11 is 0. The van der Waals surface area contributed by atoms with Crippen LogP contribution in [0.15, 0.2) is 47.4 Å². The molecule has 34 heavy (non-hydrogen) atoms. The first-order valence-corrected chi connectivity index (χ1v) is 11.8. The van der Waals surface area contributed by atoms with Gasteiger partial charge in [-0.05, 0) is 56.2 Å². The Morgan fingerprint density at radius 1 is 1.18 bits per heavy atom. The summed E-state index contributed by atoms with van der Waals surface area (Å²) in [6.45, 7) is 8.01. The van der Waals surface area contributed by atoms with Crippen LogP contribution in [-0.4, -0.2) is 53.5 Å². The van der Waals surface area contributed by atoms with Gasteiger partial charge in [0.1, 0.15) is 23.1 Å². The van der Waals surface area contributed by atoms with E-state index < -0.39 is 0 Å². The normalized spacial score (nSPS) is 17.7. The molecule has 180 valence electrons. The molecule has 1 aromatic carbocycles. The summed E-state index contributed by atoms with van der Waals surface area (Å²) in [7, 11) is 3.42. The SMILES string of the molecule is CCO[C@H]1CN(c2ccccn2)CC1Nc1c(CC)nc(-c2ccc(OC)cc2C)n(C)c1=O. The van der Waals surface area contributed by atoms with Crippen LogP contribution in [0.5, 0.6) is 5.75 Å². The summed E-state index contributed by atoms with van der Waals surface area (Å²) in [6, 6.07) is 11.6. The second kappa shape index (κ2) is 10.3. The number of anilines is 2. The molecule has 1 saturated heterocycles. The summed E-state index contributed by atoms with van der Waals surface area (Å²) in [6.07, 6.45) is 2.36. The number of nitrogens with zero attached hydrogens (tertiary/aromatic N) is 4. The molecule has 3 aromatic rings.